The largest absolute Gasteiger partial charge is 0.480 e. The van der Waals surface area contributed by atoms with Gasteiger partial charge in [0.05, 0.1) is 0 Å². The Bertz CT molecular complexity index is 527. The van der Waals surface area contributed by atoms with Gasteiger partial charge >= 0.3 is 5.97 Å². The minimum Gasteiger partial charge on any atom is -0.480 e. The Balaban J connectivity index is 2.79. The van der Waals surface area contributed by atoms with E-state index in [1.54, 1.807) is 16.8 Å². The van der Waals surface area contributed by atoms with Gasteiger partial charge in [0.25, 0.3) is 5.91 Å². The van der Waals surface area contributed by atoms with E-state index >= 15 is 0 Å². The molecule has 0 saturated heterocycles. The lowest BCUT2D eigenvalue weighted by molar-refractivity contribution is -0.139. The van der Waals surface area contributed by atoms with Crippen LogP contribution in [0.4, 0.5) is 0 Å². The van der Waals surface area contributed by atoms with Crippen LogP contribution in [0.3, 0.4) is 0 Å². The van der Waals surface area contributed by atoms with Crippen LogP contribution < -0.4 is 11.1 Å². The van der Waals surface area contributed by atoms with Crippen molar-refractivity contribution in [2.24, 2.45) is 5.73 Å². The maximum atomic E-state index is 12.1. The van der Waals surface area contributed by atoms with Gasteiger partial charge < -0.3 is 20.7 Å². The quantitative estimate of drug-likeness (QED) is 0.675. The van der Waals surface area contributed by atoms with Gasteiger partial charge in [-0.25, -0.2) is 4.79 Å². The van der Waals surface area contributed by atoms with E-state index in [4.69, 9.17) is 10.8 Å². The first-order valence-corrected chi connectivity index (χ1v) is 6.82. The van der Waals surface area contributed by atoms with Crippen molar-refractivity contribution in [1.29, 1.82) is 0 Å². The molecule has 1 atom stereocenters. The number of carbonyl (C=O) groups is 3. The van der Waals surface area contributed by atoms with Crippen LogP contribution in [0, 0.1) is 0 Å². The van der Waals surface area contributed by atoms with Crippen LogP contribution in [0.2, 0.25) is 0 Å². The monoisotopic (exact) mass is 345 g/mol. The van der Waals surface area contributed by atoms with Crippen LogP contribution >= 0.6 is 15.9 Å². The second-order valence-corrected chi connectivity index (χ2v) is 5.11. The normalized spacial score (nSPS) is 11.9. The summed E-state index contributed by atoms with van der Waals surface area (Å²) >= 11 is 3.26. The summed E-state index contributed by atoms with van der Waals surface area (Å²) in [5.74, 6) is -2.31. The number of carboxylic acid groups (broad SMARTS) is 1. The predicted molar refractivity (Wildman–Crippen MR) is 75.1 cm³/mol. The molecule has 4 N–H and O–H groups in total. The second kappa shape index (κ2) is 7.09. The second-order valence-electron chi connectivity index (χ2n) is 4.20. The van der Waals surface area contributed by atoms with Crippen molar-refractivity contribution < 1.29 is 19.5 Å². The molecule has 20 heavy (non-hydrogen) atoms. The molecule has 8 heteroatoms. The number of carboxylic acids is 1. The van der Waals surface area contributed by atoms with E-state index in [0.29, 0.717) is 12.2 Å². The molecule has 0 aliphatic carbocycles. The third kappa shape index (κ3) is 4.37. The van der Waals surface area contributed by atoms with Gasteiger partial charge in [0.1, 0.15) is 11.7 Å². The number of aliphatic carboxylic acids is 1. The van der Waals surface area contributed by atoms with Crippen LogP contribution in [0.25, 0.3) is 0 Å². The molecular formula is C12H16BrN3O4. The minimum absolute atomic E-state index is 0.0373. The molecule has 0 aromatic carbocycles. The first-order chi connectivity index (χ1) is 9.35. The molecule has 0 aliphatic rings. The first-order valence-electron chi connectivity index (χ1n) is 6.02. The Morgan fingerprint density at radius 3 is 2.65 bits per heavy atom. The van der Waals surface area contributed by atoms with E-state index in [2.05, 4.69) is 21.2 Å². The molecule has 1 aromatic rings. The molecule has 2 amide bonds. The highest BCUT2D eigenvalue weighted by Gasteiger charge is 2.22. The zero-order valence-corrected chi connectivity index (χ0v) is 12.5. The van der Waals surface area contributed by atoms with E-state index < -0.39 is 23.8 Å². The van der Waals surface area contributed by atoms with Crippen molar-refractivity contribution in [3.8, 4) is 0 Å². The fourth-order valence-electron chi connectivity index (χ4n) is 1.70. The van der Waals surface area contributed by atoms with Gasteiger partial charge in [0.15, 0.2) is 0 Å². The number of nitrogens with zero attached hydrogens (tertiary/aromatic N) is 1. The highest BCUT2D eigenvalue weighted by atomic mass is 79.9. The third-order valence-corrected chi connectivity index (χ3v) is 3.15. The van der Waals surface area contributed by atoms with Crippen molar-refractivity contribution in [3.63, 3.8) is 0 Å². The number of halogens is 1. The Labute approximate surface area is 124 Å². The van der Waals surface area contributed by atoms with E-state index in [-0.39, 0.29) is 12.8 Å². The average molecular weight is 346 g/mol. The van der Waals surface area contributed by atoms with Crippen LogP contribution in [-0.2, 0) is 16.1 Å². The number of hydrogen-bond acceptors (Lipinski definition) is 3. The number of nitrogens with one attached hydrogen (secondary N) is 1. The molecule has 7 nitrogen and oxygen atoms in total. The fourth-order valence-corrected chi connectivity index (χ4v) is 2.17. The fraction of sp³-hybridized carbons (Fsp3) is 0.417. The van der Waals surface area contributed by atoms with Gasteiger partial charge in [0, 0.05) is 23.6 Å². The number of nitrogens with two attached hydrogens (primary N) is 1. The maximum absolute atomic E-state index is 12.1. The molecule has 0 spiro atoms. The number of hydrogen-bond donors (Lipinski definition) is 3. The lowest BCUT2D eigenvalue weighted by Crippen LogP contribution is -2.42. The Kier molecular flexibility index (Phi) is 5.75. The van der Waals surface area contributed by atoms with Crippen molar-refractivity contribution in [1.82, 2.24) is 9.88 Å². The van der Waals surface area contributed by atoms with Gasteiger partial charge in [-0.05, 0) is 35.3 Å². The molecule has 1 heterocycles. The number of aryl methyl sites for hydroxylation is 1. The lowest BCUT2D eigenvalue weighted by atomic mass is 10.1. The van der Waals surface area contributed by atoms with E-state index in [0.717, 1.165) is 4.47 Å². The Morgan fingerprint density at radius 2 is 2.15 bits per heavy atom. The molecule has 0 fully saturated rings. The average Bonchev–Trinajstić information content (AvgIpc) is 2.74. The summed E-state index contributed by atoms with van der Waals surface area (Å²) < 4.78 is 2.42. The molecular weight excluding hydrogens is 330 g/mol. The molecule has 0 unspecified atom stereocenters. The van der Waals surface area contributed by atoms with Crippen molar-refractivity contribution in [2.45, 2.75) is 32.4 Å². The molecule has 0 bridgehead atoms. The predicted octanol–water partition coefficient (Wildman–Crippen LogP) is 0.719. The number of rotatable bonds is 7. The summed E-state index contributed by atoms with van der Waals surface area (Å²) in [6.45, 7) is 2.44. The Hall–Kier alpha value is -1.83. The SMILES string of the molecule is CCn1cc(Br)cc1C(=O)N[C@@H](CCC(N)=O)C(=O)O. The highest BCUT2D eigenvalue weighted by molar-refractivity contribution is 9.10. The zero-order chi connectivity index (χ0) is 15.3. The summed E-state index contributed by atoms with van der Waals surface area (Å²) in [4.78, 5) is 33.8. The molecule has 1 rings (SSSR count). The number of aromatic nitrogens is 1. The summed E-state index contributed by atoms with van der Waals surface area (Å²) in [5.41, 5.74) is 5.33. The summed E-state index contributed by atoms with van der Waals surface area (Å²) in [5, 5.41) is 11.4. The summed E-state index contributed by atoms with van der Waals surface area (Å²) in [7, 11) is 0. The van der Waals surface area contributed by atoms with Crippen molar-refractivity contribution in [2.75, 3.05) is 0 Å². The van der Waals surface area contributed by atoms with Gasteiger partial charge in [-0.2, -0.15) is 0 Å². The summed E-state index contributed by atoms with van der Waals surface area (Å²) in [6.07, 6.45) is 1.59. The molecule has 0 saturated carbocycles. The van der Waals surface area contributed by atoms with Crippen LogP contribution in [0.5, 0.6) is 0 Å². The smallest absolute Gasteiger partial charge is 0.326 e. The van der Waals surface area contributed by atoms with Crippen LogP contribution in [0.1, 0.15) is 30.3 Å². The first kappa shape index (κ1) is 16.2. The van der Waals surface area contributed by atoms with Crippen LogP contribution in [-0.4, -0.2) is 33.5 Å². The number of carbonyl (C=O) groups excluding carboxylic acids is 2. The summed E-state index contributed by atoms with van der Waals surface area (Å²) in [6, 6.07) is 0.459. The molecule has 0 aliphatic heterocycles. The molecule has 110 valence electrons. The number of amides is 2. The zero-order valence-electron chi connectivity index (χ0n) is 10.9. The molecule has 0 radical (unpaired) electrons. The van der Waals surface area contributed by atoms with Gasteiger partial charge in [0.2, 0.25) is 5.91 Å². The van der Waals surface area contributed by atoms with Crippen LogP contribution in [0.15, 0.2) is 16.7 Å². The van der Waals surface area contributed by atoms with Crippen molar-refractivity contribution >= 4 is 33.7 Å². The van der Waals surface area contributed by atoms with E-state index in [1.807, 2.05) is 6.92 Å². The van der Waals surface area contributed by atoms with Gasteiger partial charge in [-0.1, -0.05) is 0 Å². The van der Waals surface area contributed by atoms with E-state index in [1.165, 1.54) is 0 Å². The minimum atomic E-state index is -1.20. The van der Waals surface area contributed by atoms with Gasteiger partial charge in [-0.3, -0.25) is 9.59 Å². The number of primary amides is 1. The van der Waals surface area contributed by atoms with E-state index in [9.17, 15) is 14.4 Å². The van der Waals surface area contributed by atoms with Crippen molar-refractivity contribution in [3.05, 3.63) is 22.4 Å². The third-order valence-electron chi connectivity index (χ3n) is 2.72. The maximum Gasteiger partial charge on any atom is 0.326 e. The Morgan fingerprint density at radius 1 is 1.50 bits per heavy atom. The highest BCUT2D eigenvalue weighted by Crippen LogP contribution is 2.15. The molecule has 1 aromatic heterocycles. The van der Waals surface area contributed by atoms with Gasteiger partial charge in [-0.15, -0.1) is 0 Å². The topological polar surface area (TPSA) is 114 Å². The standard InChI is InChI=1S/C12H16BrN3O4/c1-2-16-6-7(13)5-9(16)11(18)15-8(12(19)20)3-4-10(14)17/h5-6,8H,2-4H2,1H3,(H2,14,17)(H,15,18)(H,19,20)/t8-/m0/s1. The lowest BCUT2D eigenvalue weighted by Gasteiger charge is -2.14.